The molecule has 8 heteroatoms. The Morgan fingerprint density at radius 2 is 1.82 bits per heavy atom. The number of halogens is 1. The van der Waals surface area contributed by atoms with E-state index in [0.29, 0.717) is 32.6 Å². The standard InChI is InChI=1S/C20H15ClN4O2S/c1-11-10-17(22-19(27)14-8-6-13(7-9-14)12(2)26)25(24-11)20-23-18-15(21)4-3-5-16(18)28-20/h3-10H,1-2H3,(H,22,27). The van der Waals surface area contributed by atoms with Gasteiger partial charge in [-0.1, -0.05) is 41.1 Å². The lowest BCUT2D eigenvalue weighted by Gasteiger charge is -2.07. The van der Waals surface area contributed by atoms with Gasteiger partial charge in [-0.05, 0) is 38.1 Å². The molecule has 4 aromatic rings. The number of amides is 1. The summed E-state index contributed by atoms with van der Waals surface area (Å²) >= 11 is 7.66. The number of ketones is 1. The maximum atomic E-state index is 12.6. The molecule has 0 atom stereocenters. The van der Waals surface area contributed by atoms with Crippen LogP contribution in [0.5, 0.6) is 0 Å². The minimum Gasteiger partial charge on any atom is -0.306 e. The summed E-state index contributed by atoms with van der Waals surface area (Å²) in [6.45, 7) is 3.33. The Morgan fingerprint density at radius 1 is 1.11 bits per heavy atom. The molecular weight excluding hydrogens is 396 g/mol. The summed E-state index contributed by atoms with van der Waals surface area (Å²) in [5, 5.41) is 8.50. The van der Waals surface area contributed by atoms with Crippen LogP contribution in [0.3, 0.4) is 0 Å². The van der Waals surface area contributed by atoms with Crippen LogP contribution in [0.25, 0.3) is 15.3 Å². The molecule has 0 spiro atoms. The second-order valence-electron chi connectivity index (χ2n) is 6.25. The number of para-hydroxylation sites is 1. The zero-order valence-electron chi connectivity index (χ0n) is 15.1. The lowest BCUT2D eigenvalue weighted by Crippen LogP contribution is -2.15. The Kier molecular flexibility index (Phi) is 4.70. The minimum absolute atomic E-state index is 0.0462. The first kappa shape index (κ1) is 18.3. The number of nitrogens with one attached hydrogen (secondary N) is 1. The Balaban J connectivity index is 1.66. The molecule has 0 aliphatic carbocycles. The first-order valence-electron chi connectivity index (χ1n) is 8.47. The number of anilines is 1. The number of carbonyl (C=O) groups is 2. The predicted octanol–water partition coefficient (Wildman–Crippen LogP) is 4.90. The first-order valence-corrected chi connectivity index (χ1v) is 9.66. The number of benzene rings is 2. The van der Waals surface area contributed by atoms with Gasteiger partial charge in [-0.15, -0.1) is 0 Å². The van der Waals surface area contributed by atoms with Crippen LogP contribution in [-0.2, 0) is 0 Å². The molecule has 0 aliphatic rings. The highest BCUT2D eigenvalue weighted by Gasteiger charge is 2.16. The first-order chi connectivity index (χ1) is 13.4. The number of thiazole rings is 1. The molecule has 28 heavy (non-hydrogen) atoms. The lowest BCUT2D eigenvalue weighted by molar-refractivity contribution is 0.100. The SMILES string of the molecule is CC(=O)c1ccc(C(=O)Nc2cc(C)nn2-c2nc3c(Cl)cccc3s2)cc1. The molecule has 0 bridgehead atoms. The van der Waals surface area contributed by atoms with E-state index in [9.17, 15) is 9.59 Å². The molecule has 1 amide bonds. The number of hydrogen-bond acceptors (Lipinski definition) is 5. The maximum Gasteiger partial charge on any atom is 0.256 e. The van der Waals surface area contributed by atoms with Gasteiger partial charge in [-0.3, -0.25) is 9.59 Å². The highest BCUT2D eigenvalue weighted by molar-refractivity contribution is 7.20. The maximum absolute atomic E-state index is 12.6. The summed E-state index contributed by atoms with van der Waals surface area (Å²) in [7, 11) is 0. The Labute approximate surface area is 169 Å². The minimum atomic E-state index is -0.296. The van der Waals surface area contributed by atoms with Crippen LogP contribution in [0, 0.1) is 6.92 Å². The van der Waals surface area contributed by atoms with Gasteiger partial charge in [0.15, 0.2) is 5.78 Å². The zero-order valence-corrected chi connectivity index (χ0v) is 16.6. The number of hydrogen-bond donors (Lipinski definition) is 1. The molecule has 0 unspecified atom stereocenters. The van der Waals surface area contributed by atoms with Gasteiger partial charge in [0.25, 0.3) is 5.91 Å². The number of Topliss-reactive ketones (excluding diaryl/α,β-unsaturated/α-hetero) is 1. The lowest BCUT2D eigenvalue weighted by atomic mass is 10.1. The van der Waals surface area contributed by atoms with Crippen molar-refractivity contribution in [1.29, 1.82) is 0 Å². The summed E-state index contributed by atoms with van der Waals surface area (Å²) < 4.78 is 2.53. The molecule has 0 aliphatic heterocycles. The van der Waals surface area contributed by atoms with Crippen LogP contribution in [0.4, 0.5) is 5.82 Å². The molecule has 140 valence electrons. The van der Waals surface area contributed by atoms with Crippen LogP contribution < -0.4 is 5.32 Å². The number of aryl methyl sites for hydroxylation is 1. The van der Waals surface area contributed by atoms with Crippen molar-refractivity contribution in [1.82, 2.24) is 14.8 Å². The summed E-state index contributed by atoms with van der Waals surface area (Å²) in [5.74, 6) is 0.166. The van der Waals surface area contributed by atoms with E-state index in [1.807, 2.05) is 19.1 Å². The summed E-state index contributed by atoms with van der Waals surface area (Å²) in [6, 6.07) is 13.9. The van der Waals surface area contributed by atoms with E-state index >= 15 is 0 Å². The van der Waals surface area contributed by atoms with Crippen molar-refractivity contribution in [2.45, 2.75) is 13.8 Å². The number of rotatable bonds is 4. The van der Waals surface area contributed by atoms with E-state index in [-0.39, 0.29) is 11.7 Å². The quantitative estimate of drug-likeness (QED) is 0.485. The number of fused-ring (bicyclic) bond motifs is 1. The molecule has 1 N–H and O–H groups in total. The van der Waals surface area contributed by atoms with Crippen molar-refractivity contribution in [3.05, 3.63) is 70.4 Å². The summed E-state index contributed by atoms with van der Waals surface area (Å²) in [6.07, 6.45) is 0. The molecule has 2 aromatic carbocycles. The number of nitrogens with zero attached hydrogens (tertiary/aromatic N) is 3. The third-order valence-corrected chi connectivity index (χ3v) is 5.47. The molecule has 4 rings (SSSR count). The topological polar surface area (TPSA) is 76.9 Å². The fourth-order valence-corrected chi connectivity index (χ4v) is 4.00. The molecule has 2 heterocycles. The van der Waals surface area contributed by atoms with Crippen molar-refractivity contribution in [2.75, 3.05) is 5.32 Å². The van der Waals surface area contributed by atoms with Gasteiger partial charge in [-0.25, -0.2) is 4.98 Å². The molecule has 0 saturated heterocycles. The van der Waals surface area contributed by atoms with Crippen LogP contribution in [0.1, 0.15) is 33.3 Å². The van der Waals surface area contributed by atoms with Gasteiger partial charge in [0.1, 0.15) is 11.3 Å². The molecule has 0 radical (unpaired) electrons. The average molecular weight is 411 g/mol. The second-order valence-corrected chi connectivity index (χ2v) is 7.67. The fraction of sp³-hybridized carbons (Fsp3) is 0.100. The van der Waals surface area contributed by atoms with E-state index < -0.39 is 0 Å². The number of carbonyl (C=O) groups excluding carboxylic acids is 2. The molecule has 0 saturated carbocycles. The van der Waals surface area contributed by atoms with Crippen LogP contribution >= 0.6 is 22.9 Å². The van der Waals surface area contributed by atoms with Crippen molar-refractivity contribution in [3.8, 4) is 5.13 Å². The van der Waals surface area contributed by atoms with Crippen molar-refractivity contribution >= 4 is 50.7 Å². The van der Waals surface area contributed by atoms with Gasteiger partial charge in [0.05, 0.1) is 15.4 Å². The fourth-order valence-electron chi connectivity index (χ4n) is 2.77. The molecule has 0 fully saturated rings. The molecule has 6 nitrogen and oxygen atoms in total. The Hall–Kier alpha value is -3.03. The van der Waals surface area contributed by atoms with E-state index in [2.05, 4.69) is 15.4 Å². The van der Waals surface area contributed by atoms with E-state index in [4.69, 9.17) is 11.6 Å². The summed E-state index contributed by atoms with van der Waals surface area (Å²) in [4.78, 5) is 28.6. The third kappa shape index (κ3) is 3.42. The van der Waals surface area contributed by atoms with Crippen molar-refractivity contribution < 1.29 is 9.59 Å². The van der Waals surface area contributed by atoms with Crippen molar-refractivity contribution in [3.63, 3.8) is 0 Å². The largest absolute Gasteiger partial charge is 0.306 e. The molecular formula is C20H15ClN4O2S. The van der Waals surface area contributed by atoms with Gasteiger partial charge in [0, 0.05) is 17.2 Å². The van der Waals surface area contributed by atoms with E-state index in [0.717, 1.165) is 10.4 Å². The van der Waals surface area contributed by atoms with Gasteiger partial charge >= 0.3 is 0 Å². The normalized spacial score (nSPS) is 11.0. The summed E-state index contributed by atoms with van der Waals surface area (Å²) in [5.41, 5.74) is 2.45. The van der Waals surface area contributed by atoms with Crippen LogP contribution in [-0.4, -0.2) is 26.5 Å². The molecule has 2 aromatic heterocycles. The third-order valence-electron chi connectivity index (χ3n) is 4.17. The Bertz CT molecular complexity index is 1210. The average Bonchev–Trinajstić information content (AvgIpc) is 3.26. The van der Waals surface area contributed by atoms with E-state index in [1.165, 1.54) is 18.3 Å². The zero-order chi connectivity index (χ0) is 19.8. The monoisotopic (exact) mass is 410 g/mol. The van der Waals surface area contributed by atoms with Crippen molar-refractivity contribution in [2.24, 2.45) is 0 Å². The van der Waals surface area contributed by atoms with Gasteiger partial charge in [0.2, 0.25) is 5.13 Å². The van der Waals surface area contributed by atoms with Gasteiger partial charge in [-0.2, -0.15) is 9.78 Å². The predicted molar refractivity (Wildman–Crippen MR) is 111 cm³/mol. The highest BCUT2D eigenvalue weighted by Crippen LogP contribution is 2.31. The smallest absolute Gasteiger partial charge is 0.256 e. The Morgan fingerprint density at radius 3 is 2.50 bits per heavy atom. The number of aromatic nitrogens is 3. The van der Waals surface area contributed by atoms with Crippen LogP contribution in [0.2, 0.25) is 5.02 Å². The van der Waals surface area contributed by atoms with E-state index in [1.54, 1.807) is 41.1 Å². The highest BCUT2D eigenvalue weighted by atomic mass is 35.5. The second kappa shape index (κ2) is 7.18. The van der Waals surface area contributed by atoms with Gasteiger partial charge < -0.3 is 5.32 Å². The van der Waals surface area contributed by atoms with Crippen LogP contribution in [0.15, 0.2) is 48.5 Å².